The van der Waals surface area contributed by atoms with Gasteiger partial charge in [-0.25, -0.2) is 0 Å². The Kier molecular flexibility index (Phi) is 7.45. The van der Waals surface area contributed by atoms with E-state index >= 15 is 0 Å². The highest BCUT2D eigenvalue weighted by atomic mass is 16.5. The first kappa shape index (κ1) is 21.4. The molecular weight excluding hydrogens is 382 g/mol. The van der Waals surface area contributed by atoms with E-state index in [4.69, 9.17) is 9.47 Å². The van der Waals surface area contributed by atoms with Crippen LogP contribution in [0.25, 0.3) is 6.08 Å². The van der Waals surface area contributed by atoms with Crippen LogP contribution in [-0.2, 0) is 14.3 Å². The Morgan fingerprint density at radius 2 is 1.77 bits per heavy atom. The first-order valence-electron chi connectivity index (χ1n) is 9.85. The quantitative estimate of drug-likeness (QED) is 0.712. The SMILES string of the molecule is COc1ccc(/C=C/C(=O)N(C)CC(=O)Nc2ccc(N3CCOCC3)cc2)cc1. The molecule has 3 rings (SSSR count). The van der Waals surface area contributed by atoms with Crippen LogP contribution in [0, 0.1) is 0 Å². The molecule has 7 nitrogen and oxygen atoms in total. The van der Waals surface area contributed by atoms with Crippen molar-refractivity contribution in [2.75, 3.05) is 57.2 Å². The summed E-state index contributed by atoms with van der Waals surface area (Å²) >= 11 is 0. The first-order valence-corrected chi connectivity index (χ1v) is 9.85. The van der Waals surface area contributed by atoms with Crippen LogP contribution in [-0.4, -0.2) is 63.7 Å². The van der Waals surface area contributed by atoms with Gasteiger partial charge >= 0.3 is 0 Å². The number of carbonyl (C=O) groups is 2. The predicted molar refractivity (Wildman–Crippen MR) is 118 cm³/mol. The second-order valence-electron chi connectivity index (χ2n) is 7.00. The summed E-state index contributed by atoms with van der Waals surface area (Å²) in [6.45, 7) is 3.15. The zero-order valence-electron chi connectivity index (χ0n) is 17.3. The molecular formula is C23H27N3O4. The normalized spacial score (nSPS) is 13.9. The Balaban J connectivity index is 1.48. The molecule has 2 aromatic rings. The minimum atomic E-state index is -0.247. The summed E-state index contributed by atoms with van der Waals surface area (Å²) in [6, 6.07) is 15.1. The van der Waals surface area contributed by atoms with E-state index in [-0.39, 0.29) is 18.4 Å². The molecule has 1 N–H and O–H groups in total. The van der Waals surface area contributed by atoms with Crippen molar-refractivity contribution >= 4 is 29.3 Å². The molecule has 0 unspecified atom stereocenters. The van der Waals surface area contributed by atoms with Gasteiger partial charge in [0.25, 0.3) is 0 Å². The lowest BCUT2D eigenvalue weighted by molar-refractivity contribution is -0.129. The van der Waals surface area contributed by atoms with Crippen molar-refractivity contribution in [2.45, 2.75) is 0 Å². The van der Waals surface area contributed by atoms with Crippen LogP contribution >= 0.6 is 0 Å². The topological polar surface area (TPSA) is 71.1 Å². The monoisotopic (exact) mass is 409 g/mol. The number of hydrogen-bond acceptors (Lipinski definition) is 5. The molecule has 0 bridgehead atoms. The van der Waals surface area contributed by atoms with Crippen molar-refractivity contribution in [2.24, 2.45) is 0 Å². The van der Waals surface area contributed by atoms with Crippen molar-refractivity contribution in [1.29, 1.82) is 0 Å². The Hall–Kier alpha value is -3.32. The molecule has 158 valence electrons. The highest BCUT2D eigenvalue weighted by Gasteiger charge is 2.13. The molecule has 0 aromatic heterocycles. The number of likely N-dealkylation sites (N-methyl/N-ethyl adjacent to an activating group) is 1. The summed E-state index contributed by atoms with van der Waals surface area (Å²) in [5.74, 6) is 0.261. The van der Waals surface area contributed by atoms with Crippen LogP contribution in [0.2, 0.25) is 0 Å². The maximum absolute atomic E-state index is 12.3. The lowest BCUT2D eigenvalue weighted by Crippen LogP contribution is -2.36. The summed E-state index contributed by atoms with van der Waals surface area (Å²) in [4.78, 5) is 28.2. The number of benzene rings is 2. The van der Waals surface area contributed by atoms with Crippen LogP contribution in [0.4, 0.5) is 11.4 Å². The summed E-state index contributed by atoms with van der Waals surface area (Å²) in [5.41, 5.74) is 2.68. The molecule has 0 saturated carbocycles. The largest absolute Gasteiger partial charge is 0.497 e. The van der Waals surface area contributed by atoms with Crippen molar-refractivity contribution in [3.63, 3.8) is 0 Å². The van der Waals surface area contributed by atoms with Crippen LogP contribution in [0.5, 0.6) is 5.75 Å². The van der Waals surface area contributed by atoms with Gasteiger partial charge in [0.1, 0.15) is 5.75 Å². The summed E-state index contributed by atoms with van der Waals surface area (Å²) in [7, 11) is 3.20. The number of methoxy groups -OCH3 is 1. The molecule has 1 fully saturated rings. The molecule has 1 saturated heterocycles. The third-order valence-corrected chi connectivity index (χ3v) is 4.82. The molecule has 0 aliphatic carbocycles. The van der Waals surface area contributed by atoms with Gasteiger partial charge in [-0.1, -0.05) is 12.1 Å². The van der Waals surface area contributed by atoms with Gasteiger partial charge in [0.2, 0.25) is 11.8 Å². The highest BCUT2D eigenvalue weighted by Crippen LogP contribution is 2.19. The third-order valence-electron chi connectivity index (χ3n) is 4.82. The number of ether oxygens (including phenoxy) is 2. The van der Waals surface area contributed by atoms with Crippen molar-refractivity contribution in [3.8, 4) is 5.75 Å². The van der Waals surface area contributed by atoms with Gasteiger partial charge in [-0.05, 0) is 48.0 Å². The van der Waals surface area contributed by atoms with E-state index in [9.17, 15) is 9.59 Å². The van der Waals surface area contributed by atoms with E-state index in [1.54, 1.807) is 20.2 Å². The van der Waals surface area contributed by atoms with Gasteiger partial charge in [-0.2, -0.15) is 0 Å². The average molecular weight is 409 g/mol. The van der Waals surface area contributed by atoms with E-state index < -0.39 is 0 Å². The van der Waals surface area contributed by atoms with Gasteiger partial charge in [0.15, 0.2) is 0 Å². The van der Waals surface area contributed by atoms with E-state index in [2.05, 4.69) is 10.2 Å². The minimum Gasteiger partial charge on any atom is -0.497 e. The van der Waals surface area contributed by atoms with Gasteiger partial charge in [0.05, 0.1) is 26.9 Å². The van der Waals surface area contributed by atoms with Gasteiger partial charge < -0.3 is 24.6 Å². The Morgan fingerprint density at radius 1 is 1.10 bits per heavy atom. The van der Waals surface area contributed by atoms with Crippen LogP contribution in [0.3, 0.4) is 0 Å². The number of hydrogen-bond donors (Lipinski definition) is 1. The summed E-state index contributed by atoms with van der Waals surface area (Å²) in [5, 5.41) is 2.83. The molecule has 1 heterocycles. The minimum absolute atomic E-state index is 0.0308. The summed E-state index contributed by atoms with van der Waals surface area (Å²) in [6.07, 6.45) is 3.16. The Morgan fingerprint density at radius 3 is 2.40 bits per heavy atom. The number of morpholine rings is 1. The van der Waals surface area contributed by atoms with Crippen LogP contribution in [0.1, 0.15) is 5.56 Å². The molecule has 0 radical (unpaired) electrons. The second-order valence-corrected chi connectivity index (χ2v) is 7.00. The molecule has 2 aromatic carbocycles. The fourth-order valence-electron chi connectivity index (χ4n) is 3.08. The van der Waals surface area contributed by atoms with Gasteiger partial charge in [-0.15, -0.1) is 0 Å². The van der Waals surface area contributed by atoms with Crippen LogP contribution in [0.15, 0.2) is 54.6 Å². The molecule has 7 heteroatoms. The average Bonchev–Trinajstić information content (AvgIpc) is 2.78. The van der Waals surface area contributed by atoms with Crippen molar-refractivity contribution in [3.05, 3.63) is 60.2 Å². The standard InChI is InChI=1S/C23H27N3O4/c1-25(23(28)12-5-18-3-10-21(29-2)11-4-18)17-22(27)24-19-6-8-20(9-7-19)26-13-15-30-16-14-26/h3-12H,13-17H2,1-2H3,(H,24,27)/b12-5+. The Labute approximate surface area is 176 Å². The van der Waals surface area contributed by atoms with E-state index in [0.717, 1.165) is 43.3 Å². The third kappa shape index (κ3) is 6.09. The molecule has 0 atom stereocenters. The number of anilines is 2. The van der Waals surface area contributed by atoms with Gasteiger partial charge in [-0.3, -0.25) is 9.59 Å². The lowest BCUT2D eigenvalue weighted by atomic mass is 10.2. The zero-order chi connectivity index (χ0) is 21.3. The van der Waals surface area contributed by atoms with E-state index in [1.165, 1.54) is 11.0 Å². The lowest BCUT2D eigenvalue weighted by Gasteiger charge is -2.28. The summed E-state index contributed by atoms with van der Waals surface area (Å²) < 4.78 is 10.5. The predicted octanol–water partition coefficient (Wildman–Crippen LogP) is 2.64. The van der Waals surface area contributed by atoms with E-state index in [1.807, 2.05) is 48.5 Å². The molecule has 2 amide bonds. The van der Waals surface area contributed by atoms with Crippen LogP contribution < -0.4 is 15.0 Å². The number of nitrogens with one attached hydrogen (secondary N) is 1. The maximum atomic E-state index is 12.3. The highest BCUT2D eigenvalue weighted by molar-refractivity contribution is 5.98. The smallest absolute Gasteiger partial charge is 0.246 e. The van der Waals surface area contributed by atoms with Crippen molar-refractivity contribution in [1.82, 2.24) is 4.90 Å². The van der Waals surface area contributed by atoms with Gasteiger partial charge in [0, 0.05) is 37.6 Å². The van der Waals surface area contributed by atoms with E-state index in [0.29, 0.717) is 5.69 Å². The van der Waals surface area contributed by atoms with Crippen molar-refractivity contribution < 1.29 is 19.1 Å². The Bertz CT molecular complexity index is 872. The fourth-order valence-corrected chi connectivity index (χ4v) is 3.08. The number of nitrogens with zero attached hydrogens (tertiary/aromatic N) is 2. The zero-order valence-corrected chi connectivity index (χ0v) is 17.3. The fraction of sp³-hybridized carbons (Fsp3) is 0.304. The first-order chi connectivity index (χ1) is 14.5. The number of rotatable bonds is 7. The molecule has 1 aliphatic heterocycles. The number of carbonyl (C=O) groups excluding carboxylic acids is 2. The molecule has 30 heavy (non-hydrogen) atoms. The molecule has 0 spiro atoms. The molecule has 1 aliphatic rings. The maximum Gasteiger partial charge on any atom is 0.246 e. The second kappa shape index (κ2) is 10.5. The number of amides is 2.